The molecule has 0 saturated carbocycles. The van der Waals surface area contributed by atoms with E-state index in [1.165, 1.54) is 12.3 Å². The molecule has 0 unspecified atom stereocenters. The summed E-state index contributed by atoms with van der Waals surface area (Å²) >= 11 is 0. The molecule has 0 radical (unpaired) electrons. The Balaban J connectivity index is 2.79. The van der Waals surface area contributed by atoms with E-state index >= 15 is 0 Å². The van der Waals surface area contributed by atoms with E-state index in [1.54, 1.807) is 20.8 Å². The Labute approximate surface area is 118 Å². The number of carbonyl (C=O) groups excluding carboxylic acids is 1. The smallest absolute Gasteiger partial charge is 0.244 e. The van der Waals surface area contributed by atoms with Crippen LogP contribution in [0, 0.1) is 0 Å². The molecule has 0 fully saturated rings. The summed E-state index contributed by atoms with van der Waals surface area (Å²) in [6.45, 7) is 5.05. The van der Waals surface area contributed by atoms with Gasteiger partial charge in [-0.25, -0.2) is 13.1 Å². The number of hydrogen-bond acceptors (Lipinski definition) is 6. The Bertz CT molecular complexity index is 580. The molecule has 1 aromatic rings. The number of nitrogens with zero attached hydrogens (tertiary/aromatic N) is 1. The van der Waals surface area contributed by atoms with E-state index in [4.69, 9.17) is 5.84 Å². The summed E-state index contributed by atoms with van der Waals surface area (Å²) in [4.78, 5) is 15.2. The van der Waals surface area contributed by atoms with Gasteiger partial charge in [-0.2, -0.15) is 0 Å². The Morgan fingerprint density at radius 2 is 2.05 bits per heavy atom. The molecule has 20 heavy (non-hydrogen) atoms. The van der Waals surface area contributed by atoms with E-state index in [1.807, 2.05) is 0 Å². The zero-order chi connectivity index (χ0) is 15.4. The molecule has 9 heteroatoms. The number of pyridine rings is 1. The number of rotatable bonds is 5. The van der Waals surface area contributed by atoms with E-state index in [9.17, 15) is 13.2 Å². The van der Waals surface area contributed by atoms with Gasteiger partial charge in [-0.3, -0.25) is 15.6 Å². The molecule has 5 N–H and O–H groups in total. The highest BCUT2D eigenvalue weighted by molar-refractivity contribution is 7.89. The normalized spacial score (nSPS) is 12.0. The number of carbonyl (C=O) groups is 1. The topological polar surface area (TPSA) is 126 Å². The van der Waals surface area contributed by atoms with Crippen LogP contribution in [0.1, 0.15) is 20.8 Å². The number of sulfonamides is 1. The highest BCUT2D eigenvalue weighted by atomic mass is 32.2. The number of amides is 1. The van der Waals surface area contributed by atoms with Crippen LogP contribution in [0.15, 0.2) is 23.4 Å². The van der Waals surface area contributed by atoms with Crippen molar-refractivity contribution in [3.8, 4) is 0 Å². The summed E-state index contributed by atoms with van der Waals surface area (Å²) in [5.41, 5.74) is 2.04. The Morgan fingerprint density at radius 3 is 2.60 bits per heavy atom. The minimum absolute atomic E-state index is 0.119. The maximum atomic E-state index is 12.1. The average Bonchev–Trinajstić information content (AvgIpc) is 2.34. The predicted octanol–water partition coefficient (Wildman–Crippen LogP) is -0.440. The third-order valence-electron chi connectivity index (χ3n) is 2.17. The lowest BCUT2D eigenvalue weighted by Crippen LogP contribution is -2.45. The molecule has 8 nitrogen and oxygen atoms in total. The fourth-order valence-electron chi connectivity index (χ4n) is 1.41. The summed E-state index contributed by atoms with van der Waals surface area (Å²) in [7, 11) is -3.87. The quantitative estimate of drug-likeness (QED) is 0.431. The SMILES string of the molecule is CC(C)(C)NC(=O)CNS(=O)(=O)c1cnccc1NN. The summed E-state index contributed by atoms with van der Waals surface area (Å²) in [6, 6.07) is 1.42. The van der Waals surface area contributed by atoms with Gasteiger partial charge >= 0.3 is 0 Å². The van der Waals surface area contributed by atoms with Gasteiger partial charge in [0.1, 0.15) is 4.90 Å². The van der Waals surface area contributed by atoms with Crippen LogP contribution in [-0.4, -0.2) is 31.4 Å². The maximum Gasteiger partial charge on any atom is 0.244 e. The van der Waals surface area contributed by atoms with Crippen molar-refractivity contribution in [1.29, 1.82) is 0 Å². The van der Waals surface area contributed by atoms with Crippen molar-refractivity contribution in [2.75, 3.05) is 12.0 Å². The largest absolute Gasteiger partial charge is 0.350 e. The van der Waals surface area contributed by atoms with E-state index in [0.717, 1.165) is 6.20 Å². The van der Waals surface area contributed by atoms with Gasteiger partial charge in [0.25, 0.3) is 0 Å². The van der Waals surface area contributed by atoms with Crippen LogP contribution in [0.4, 0.5) is 5.69 Å². The Morgan fingerprint density at radius 1 is 1.40 bits per heavy atom. The van der Waals surface area contributed by atoms with Gasteiger partial charge in [0.2, 0.25) is 15.9 Å². The zero-order valence-corrected chi connectivity index (χ0v) is 12.4. The van der Waals surface area contributed by atoms with Gasteiger partial charge in [-0.05, 0) is 26.8 Å². The van der Waals surface area contributed by atoms with E-state index < -0.39 is 21.5 Å². The van der Waals surface area contributed by atoms with E-state index in [0.29, 0.717) is 0 Å². The predicted molar refractivity (Wildman–Crippen MR) is 75.1 cm³/mol. The third kappa shape index (κ3) is 4.76. The molecule has 1 heterocycles. The lowest BCUT2D eigenvalue weighted by Gasteiger charge is -2.20. The van der Waals surface area contributed by atoms with Gasteiger partial charge in [-0.1, -0.05) is 0 Å². The lowest BCUT2D eigenvalue weighted by molar-refractivity contribution is -0.121. The van der Waals surface area contributed by atoms with E-state index in [-0.39, 0.29) is 17.1 Å². The molecule has 0 saturated heterocycles. The highest BCUT2D eigenvalue weighted by Gasteiger charge is 2.21. The number of aromatic nitrogens is 1. The van der Waals surface area contributed by atoms with Crippen molar-refractivity contribution in [2.24, 2.45) is 5.84 Å². The van der Waals surface area contributed by atoms with Gasteiger partial charge < -0.3 is 10.7 Å². The molecule has 0 aromatic carbocycles. The summed E-state index contributed by atoms with van der Waals surface area (Å²) in [5, 5.41) is 2.65. The first-order valence-corrected chi connectivity index (χ1v) is 7.35. The molecule has 1 amide bonds. The van der Waals surface area contributed by atoms with Crippen LogP contribution in [0.5, 0.6) is 0 Å². The van der Waals surface area contributed by atoms with Crippen molar-refractivity contribution < 1.29 is 13.2 Å². The molecule has 0 bridgehead atoms. The second-order valence-corrected chi connectivity index (χ2v) is 6.87. The van der Waals surface area contributed by atoms with Crippen molar-refractivity contribution in [2.45, 2.75) is 31.2 Å². The van der Waals surface area contributed by atoms with Gasteiger partial charge in [0.05, 0.1) is 12.2 Å². The number of nitrogen functional groups attached to an aromatic ring is 1. The Hall–Kier alpha value is -1.71. The first-order valence-electron chi connectivity index (χ1n) is 5.87. The molecule has 112 valence electrons. The molecule has 0 aliphatic heterocycles. The molecule has 0 spiro atoms. The van der Waals surface area contributed by atoms with E-state index in [2.05, 4.69) is 20.4 Å². The molecule has 0 aliphatic rings. The third-order valence-corrected chi connectivity index (χ3v) is 3.60. The minimum atomic E-state index is -3.87. The number of hydrazine groups is 1. The lowest BCUT2D eigenvalue weighted by atomic mass is 10.1. The van der Waals surface area contributed by atoms with Crippen LogP contribution >= 0.6 is 0 Å². The van der Waals surface area contributed by atoms with Crippen molar-refractivity contribution in [3.63, 3.8) is 0 Å². The van der Waals surface area contributed by atoms with Crippen LogP contribution in [0.3, 0.4) is 0 Å². The van der Waals surface area contributed by atoms with Crippen LogP contribution in [0.25, 0.3) is 0 Å². The van der Waals surface area contributed by atoms with Crippen molar-refractivity contribution in [1.82, 2.24) is 15.0 Å². The zero-order valence-electron chi connectivity index (χ0n) is 11.6. The number of nitrogens with two attached hydrogens (primary N) is 1. The average molecular weight is 301 g/mol. The van der Waals surface area contributed by atoms with Crippen LogP contribution < -0.4 is 21.3 Å². The van der Waals surface area contributed by atoms with Gasteiger partial charge in [-0.15, -0.1) is 0 Å². The molecular formula is C11H19N5O3S. The second kappa shape index (κ2) is 6.16. The maximum absolute atomic E-state index is 12.1. The monoisotopic (exact) mass is 301 g/mol. The molecule has 0 aliphatic carbocycles. The summed E-state index contributed by atoms with van der Waals surface area (Å²) in [5.74, 6) is 4.81. The fraction of sp³-hybridized carbons (Fsp3) is 0.455. The summed E-state index contributed by atoms with van der Waals surface area (Å²) < 4.78 is 26.3. The first kappa shape index (κ1) is 16.3. The van der Waals surface area contributed by atoms with Crippen LogP contribution in [0.2, 0.25) is 0 Å². The molecule has 1 rings (SSSR count). The van der Waals surface area contributed by atoms with Crippen LogP contribution in [-0.2, 0) is 14.8 Å². The number of anilines is 1. The summed E-state index contributed by atoms with van der Waals surface area (Å²) in [6.07, 6.45) is 2.56. The van der Waals surface area contributed by atoms with Gasteiger partial charge in [0.15, 0.2) is 0 Å². The second-order valence-electron chi connectivity index (χ2n) is 5.14. The molecular weight excluding hydrogens is 282 g/mol. The standard InChI is InChI=1S/C11H19N5O3S/c1-11(2,3)15-10(17)7-14-20(18,19)9-6-13-5-4-8(9)16-12/h4-6,14H,7,12H2,1-3H3,(H,13,16)(H,15,17). The van der Waals surface area contributed by atoms with Gasteiger partial charge in [0, 0.05) is 17.9 Å². The molecule has 0 atom stereocenters. The minimum Gasteiger partial charge on any atom is -0.350 e. The Kier molecular flexibility index (Phi) is 5.03. The molecule has 1 aromatic heterocycles. The number of nitrogens with one attached hydrogen (secondary N) is 3. The van der Waals surface area contributed by atoms with Crippen molar-refractivity contribution >= 4 is 21.6 Å². The highest BCUT2D eigenvalue weighted by Crippen LogP contribution is 2.17. The first-order chi connectivity index (χ1) is 9.15. The van der Waals surface area contributed by atoms with Crippen molar-refractivity contribution in [3.05, 3.63) is 18.5 Å². The number of hydrogen-bond donors (Lipinski definition) is 4. The fourth-order valence-corrected chi connectivity index (χ4v) is 2.51.